The van der Waals surface area contributed by atoms with Crippen LogP contribution in [0.15, 0.2) is 28.8 Å². The van der Waals surface area contributed by atoms with Crippen LogP contribution in [-0.4, -0.2) is 11.6 Å². The quantitative estimate of drug-likeness (QED) is 0.696. The van der Waals surface area contributed by atoms with Gasteiger partial charge in [0.15, 0.2) is 0 Å². The van der Waals surface area contributed by atoms with Gasteiger partial charge in [-0.05, 0) is 6.07 Å². The molecule has 80 valence electrons. The van der Waals surface area contributed by atoms with Crippen molar-refractivity contribution in [2.24, 2.45) is 0 Å². The van der Waals surface area contributed by atoms with E-state index in [1.54, 1.807) is 6.07 Å². The van der Waals surface area contributed by atoms with Crippen molar-refractivity contribution in [2.45, 2.75) is 0 Å². The van der Waals surface area contributed by atoms with Gasteiger partial charge in [-0.2, -0.15) is 10.5 Å². The van der Waals surface area contributed by atoms with E-state index >= 15 is 0 Å². The molecule has 0 heterocycles. The van der Waals surface area contributed by atoms with E-state index in [0.717, 1.165) is 0 Å². The number of fused-ring (bicyclic) bond motifs is 1. The van der Waals surface area contributed by atoms with E-state index in [9.17, 15) is 9.59 Å². The highest BCUT2D eigenvalue weighted by Gasteiger charge is 2.33. The first-order chi connectivity index (χ1) is 8.11. The average molecular weight is 243 g/mol. The summed E-state index contributed by atoms with van der Waals surface area (Å²) in [5, 5.41) is 17.3. The molecule has 1 aromatic carbocycles. The number of allylic oxidation sites excluding steroid dienone is 2. The van der Waals surface area contributed by atoms with Crippen LogP contribution in [0.5, 0.6) is 0 Å². The van der Waals surface area contributed by atoms with E-state index < -0.39 is 17.1 Å². The fourth-order valence-electron chi connectivity index (χ4n) is 1.64. The van der Waals surface area contributed by atoms with Gasteiger partial charge in [-0.1, -0.05) is 23.7 Å². The molecule has 0 aromatic heterocycles. The molecule has 0 spiro atoms. The van der Waals surface area contributed by atoms with Gasteiger partial charge in [0.05, 0.1) is 17.2 Å². The number of rotatable bonds is 0. The predicted molar refractivity (Wildman–Crippen MR) is 58.3 cm³/mol. The summed E-state index contributed by atoms with van der Waals surface area (Å²) < 4.78 is 0. The van der Waals surface area contributed by atoms with Crippen LogP contribution in [0.25, 0.3) is 0 Å². The molecule has 0 radical (unpaired) electrons. The highest BCUT2D eigenvalue weighted by molar-refractivity contribution is 6.50. The molecule has 1 aliphatic rings. The molecule has 1 aliphatic carbocycles. The van der Waals surface area contributed by atoms with Crippen LogP contribution in [0.3, 0.4) is 0 Å². The molecule has 1 aromatic rings. The van der Waals surface area contributed by atoms with Gasteiger partial charge in [-0.25, -0.2) is 0 Å². The topological polar surface area (TPSA) is 81.7 Å². The maximum atomic E-state index is 11.9. The van der Waals surface area contributed by atoms with E-state index in [4.69, 9.17) is 22.1 Å². The Bertz CT molecular complexity index is 675. The molecule has 0 amide bonds. The monoisotopic (exact) mass is 242 g/mol. The summed E-state index contributed by atoms with van der Waals surface area (Å²) in [6, 6.07) is 7.73. The summed E-state index contributed by atoms with van der Waals surface area (Å²) in [7, 11) is 0. The third-order valence-electron chi connectivity index (χ3n) is 2.41. The minimum absolute atomic E-state index is 0.0408. The number of hydrogen-bond acceptors (Lipinski definition) is 4. The molecule has 17 heavy (non-hydrogen) atoms. The lowest BCUT2D eigenvalue weighted by atomic mass is 9.87. The second-order valence-corrected chi connectivity index (χ2v) is 3.68. The number of nitriles is 2. The average Bonchev–Trinajstić information content (AvgIpc) is 2.36. The molecule has 4 nitrogen and oxygen atoms in total. The Hall–Kier alpha value is -2.43. The molecular weight excluding hydrogens is 240 g/mol. The van der Waals surface area contributed by atoms with Crippen LogP contribution >= 0.6 is 11.6 Å². The van der Waals surface area contributed by atoms with Crippen molar-refractivity contribution in [3.63, 3.8) is 0 Å². The van der Waals surface area contributed by atoms with Crippen molar-refractivity contribution < 1.29 is 9.59 Å². The molecule has 0 saturated heterocycles. The lowest BCUT2D eigenvalue weighted by Crippen LogP contribution is -2.20. The number of halogens is 1. The first-order valence-electron chi connectivity index (χ1n) is 4.54. The van der Waals surface area contributed by atoms with Gasteiger partial charge in [0, 0.05) is 5.56 Å². The Balaban J connectivity index is 2.84. The van der Waals surface area contributed by atoms with Gasteiger partial charge in [-0.3, -0.25) is 9.59 Å². The number of carbonyl (C=O) groups excluding carboxylic acids is 2. The first-order valence-corrected chi connectivity index (χ1v) is 4.92. The van der Waals surface area contributed by atoms with Crippen molar-refractivity contribution in [1.29, 1.82) is 10.5 Å². The van der Waals surface area contributed by atoms with Crippen molar-refractivity contribution >= 4 is 23.2 Å². The number of carbonyl (C=O) groups is 2. The van der Waals surface area contributed by atoms with Crippen LogP contribution in [0.1, 0.15) is 26.3 Å². The van der Waals surface area contributed by atoms with Crippen molar-refractivity contribution in [1.82, 2.24) is 0 Å². The Labute approximate surface area is 101 Å². The van der Waals surface area contributed by atoms with Gasteiger partial charge in [0.1, 0.15) is 16.7 Å². The zero-order valence-corrected chi connectivity index (χ0v) is 9.08. The number of benzene rings is 1. The zero-order valence-electron chi connectivity index (χ0n) is 8.32. The van der Waals surface area contributed by atoms with Crippen LogP contribution in [-0.2, 0) is 0 Å². The summed E-state index contributed by atoms with van der Waals surface area (Å²) >= 11 is 5.66. The predicted octanol–water partition coefficient (Wildman–Crippen LogP) is 1.95. The summed E-state index contributed by atoms with van der Waals surface area (Å²) in [6.45, 7) is 0. The smallest absolute Gasteiger partial charge is 0.207 e. The van der Waals surface area contributed by atoms with E-state index in [0.29, 0.717) is 0 Å². The van der Waals surface area contributed by atoms with Gasteiger partial charge >= 0.3 is 0 Å². The standard InChI is InChI=1S/C12H3ClN2O2/c13-10-8(5-15)11(16)9-6(4-14)2-1-3-7(9)12(10)17/h1-3H. The van der Waals surface area contributed by atoms with E-state index in [1.165, 1.54) is 18.2 Å². The van der Waals surface area contributed by atoms with Crippen LogP contribution in [0.2, 0.25) is 0 Å². The highest BCUT2D eigenvalue weighted by atomic mass is 35.5. The van der Waals surface area contributed by atoms with Gasteiger partial charge < -0.3 is 0 Å². The molecule has 5 heteroatoms. The Morgan fingerprint density at radius 1 is 1.06 bits per heavy atom. The molecule has 0 saturated carbocycles. The Morgan fingerprint density at radius 3 is 2.35 bits per heavy atom. The fraction of sp³-hybridized carbons (Fsp3) is 0. The van der Waals surface area contributed by atoms with E-state index in [1.807, 2.05) is 6.07 Å². The Kier molecular flexibility index (Phi) is 2.51. The van der Waals surface area contributed by atoms with Gasteiger partial charge in [0.2, 0.25) is 11.6 Å². The maximum absolute atomic E-state index is 11.9. The maximum Gasteiger partial charge on any atom is 0.207 e. The highest BCUT2D eigenvalue weighted by Crippen LogP contribution is 2.29. The fourth-order valence-corrected chi connectivity index (χ4v) is 1.87. The van der Waals surface area contributed by atoms with Crippen LogP contribution in [0.4, 0.5) is 0 Å². The molecule has 0 N–H and O–H groups in total. The van der Waals surface area contributed by atoms with Crippen LogP contribution in [0, 0.1) is 22.7 Å². The van der Waals surface area contributed by atoms with Gasteiger partial charge in [-0.15, -0.1) is 0 Å². The molecule has 0 aliphatic heterocycles. The number of Topliss-reactive ketones (excluding diaryl/α,β-unsaturated/α-hetero) is 2. The largest absolute Gasteiger partial charge is 0.288 e. The number of hydrogen-bond donors (Lipinski definition) is 0. The number of nitrogens with zero attached hydrogens (tertiary/aromatic N) is 2. The third kappa shape index (κ3) is 1.44. The minimum Gasteiger partial charge on any atom is -0.288 e. The molecular formula is C12H3ClN2O2. The summed E-state index contributed by atoms with van der Waals surface area (Å²) in [4.78, 5) is 23.7. The molecule has 2 rings (SSSR count). The zero-order chi connectivity index (χ0) is 12.6. The van der Waals surface area contributed by atoms with E-state index in [-0.39, 0.29) is 21.7 Å². The summed E-state index contributed by atoms with van der Waals surface area (Å²) in [5.41, 5.74) is -0.316. The van der Waals surface area contributed by atoms with Crippen molar-refractivity contribution in [3.05, 3.63) is 45.5 Å². The minimum atomic E-state index is -0.677. The normalized spacial score (nSPS) is 14.1. The third-order valence-corrected chi connectivity index (χ3v) is 2.77. The van der Waals surface area contributed by atoms with Gasteiger partial charge in [0.25, 0.3) is 0 Å². The lowest BCUT2D eigenvalue weighted by molar-refractivity contribution is 0.0984. The lowest BCUT2D eigenvalue weighted by Gasteiger charge is -2.14. The summed E-state index contributed by atoms with van der Waals surface area (Å²) in [5.74, 6) is -1.28. The molecule has 0 bridgehead atoms. The Morgan fingerprint density at radius 2 is 1.76 bits per heavy atom. The second-order valence-electron chi connectivity index (χ2n) is 3.30. The first kappa shape index (κ1) is 11.1. The van der Waals surface area contributed by atoms with Crippen molar-refractivity contribution in [3.8, 4) is 12.1 Å². The summed E-state index contributed by atoms with van der Waals surface area (Å²) in [6.07, 6.45) is 0. The van der Waals surface area contributed by atoms with Crippen molar-refractivity contribution in [2.75, 3.05) is 0 Å². The SMILES string of the molecule is N#CC1=C(Cl)C(=O)c2cccc(C#N)c2C1=O. The molecule has 0 unspecified atom stereocenters. The number of ketones is 2. The molecule has 0 atom stereocenters. The van der Waals surface area contributed by atoms with Crippen LogP contribution < -0.4 is 0 Å². The van der Waals surface area contributed by atoms with E-state index in [2.05, 4.69) is 0 Å². The second kappa shape index (κ2) is 3.86. The molecule has 0 fully saturated rings.